The third-order valence-electron chi connectivity index (χ3n) is 4.07. The molecule has 0 aliphatic carbocycles. The lowest BCUT2D eigenvalue weighted by Gasteiger charge is -2.04. The molecule has 0 saturated carbocycles. The van der Waals surface area contributed by atoms with E-state index < -0.39 is 0 Å². The molecule has 35 heavy (non-hydrogen) atoms. The number of halogens is 4. The van der Waals surface area contributed by atoms with E-state index >= 15 is 0 Å². The Morgan fingerprint density at radius 3 is 1.40 bits per heavy atom. The molecule has 0 aliphatic rings. The molecule has 0 unspecified atom stereocenters. The number of benzene rings is 3. The van der Waals surface area contributed by atoms with Gasteiger partial charge in [-0.05, 0) is 54.6 Å². The van der Waals surface area contributed by atoms with Gasteiger partial charge >= 0.3 is 0 Å². The number of nitrogens with zero attached hydrogens (tertiary/aromatic N) is 4. The molecule has 3 aromatic carbocycles. The molecule has 182 valence electrons. The SMILES string of the molecule is Cl.Oc1ccc(Cl)cc1/C=N\NC(=N/N=C/c1cc(Cl)ccc1O)N/N=C/c1cc(Cl)ccc1O. The predicted molar refractivity (Wildman–Crippen MR) is 143 cm³/mol. The van der Waals surface area contributed by atoms with Crippen molar-refractivity contribution < 1.29 is 15.3 Å². The van der Waals surface area contributed by atoms with E-state index in [2.05, 4.69) is 31.3 Å². The topological polar surface area (TPSA) is 134 Å². The van der Waals surface area contributed by atoms with E-state index in [9.17, 15) is 15.3 Å². The van der Waals surface area contributed by atoms with Gasteiger partial charge in [0, 0.05) is 31.8 Å². The third-order valence-corrected chi connectivity index (χ3v) is 4.78. The van der Waals surface area contributed by atoms with E-state index in [1.54, 1.807) is 0 Å². The normalized spacial score (nSPS) is 11.8. The fraction of sp³-hybridized carbons (Fsp3) is 0. The van der Waals surface area contributed by atoms with Crippen LogP contribution in [-0.4, -0.2) is 39.9 Å². The van der Waals surface area contributed by atoms with Gasteiger partial charge in [-0.2, -0.15) is 15.3 Å². The van der Waals surface area contributed by atoms with Gasteiger partial charge in [0.15, 0.2) is 0 Å². The molecular weight excluding hydrogens is 538 g/mol. The maximum absolute atomic E-state index is 9.89. The first kappa shape index (κ1) is 27.7. The minimum Gasteiger partial charge on any atom is -0.507 e. The average Bonchev–Trinajstić information content (AvgIpc) is 2.80. The number of aromatic hydroxyl groups is 3. The average molecular weight is 556 g/mol. The Kier molecular flexibility index (Phi) is 10.6. The molecule has 0 heterocycles. The van der Waals surface area contributed by atoms with E-state index in [4.69, 9.17) is 34.8 Å². The van der Waals surface area contributed by atoms with Gasteiger partial charge in [-0.15, -0.1) is 17.5 Å². The second-order valence-electron chi connectivity index (χ2n) is 6.54. The molecule has 0 aromatic heterocycles. The number of hydrogen-bond donors (Lipinski definition) is 5. The second kappa shape index (κ2) is 13.4. The van der Waals surface area contributed by atoms with Crippen molar-refractivity contribution in [3.05, 3.63) is 86.4 Å². The highest BCUT2D eigenvalue weighted by Crippen LogP contribution is 2.21. The summed E-state index contributed by atoms with van der Waals surface area (Å²) in [5.41, 5.74) is 6.24. The summed E-state index contributed by atoms with van der Waals surface area (Å²) in [6, 6.07) is 13.4. The molecule has 0 radical (unpaired) electrons. The van der Waals surface area contributed by atoms with Crippen LogP contribution in [0.25, 0.3) is 0 Å². The van der Waals surface area contributed by atoms with E-state index in [1.807, 2.05) is 0 Å². The van der Waals surface area contributed by atoms with Crippen molar-refractivity contribution in [3.8, 4) is 17.2 Å². The lowest BCUT2D eigenvalue weighted by atomic mass is 10.2. The zero-order chi connectivity index (χ0) is 24.5. The van der Waals surface area contributed by atoms with Crippen molar-refractivity contribution >= 4 is 71.8 Å². The van der Waals surface area contributed by atoms with Gasteiger partial charge in [-0.1, -0.05) is 34.8 Å². The van der Waals surface area contributed by atoms with E-state index in [-0.39, 0.29) is 35.6 Å². The van der Waals surface area contributed by atoms with Crippen molar-refractivity contribution in [1.29, 1.82) is 0 Å². The lowest BCUT2D eigenvalue weighted by molar-refractivity contribution is 0.474. The maximum atomic E-state index is 9.89. The monoisotopic (exact) mass is 554 g/mol. The molecule has 3 aromatic rings. The van der Waals surface area contributed by atoms with Gasteiger partial charge in [0.2, 0.25) is 0 Å². The number of nitrogens with one attached hydrogen (secondary N) is 2. The minimum atomic E-state index is -0.0340. The Balaban J connectivity index is 0.00000432. The summed E-state index contributed by atoms with van der Waals surface area (Å²) >= 11 is 17.8. The van der Waals surface area contributed by atoms with Crippen LogP contribution in [0, 0.1) is 0 Å². The summed E-state index contributed by atoms with van der Waals surface area (Å²) in [6.07, 6.45) is 3.92. The molecule has 9 nitrogen and oxygen atoms in total. The minimum absolute atomic E-state index is 0. The van der Waals surface area contributed by atoms with E-state index in [0.29, 0.717) is 31.8 Å². The molecule has 0 saturated heterocycles. The number of rotatable bonds is 6. The Morgan fingerprint density at radius 2 is 1.00 bits per heavy atom. The molecule has 5 N–H and O–H groups in total. The van der Waals surface area contributed by atoms with Gasteiger partial charge < -0.3 is 15.3 Å². The zero-order valence-electron chi connectivity index (χ0n) is 17.6. The number of hydrazone groups is 2. The van der Waals surface area contributed by atoms with Crippen molar-refractivity contribution in [2.24, 2.45) is 20.4 Å². The highest BCUT2D eigenvalue weighted by atomic mass is 35.5. The Bertz CT molecular complexity index is 1230. The summed E-state index contributed by atoms with van der Waals surface area (Å²) in [5, 5.41) is 46.7. The van der Waals surface area contributed by atoms with Crippen LogP contribution in [0.3, 0.4) is 0 Å². The number of phenols is 3. The van der Waals surface area contributed by atoms with Crippen molar-refractivity contribution in [2.75, 3.05) is 0 Å². The Labute approximate surface area is 221 Å². The van der Waals surface area contributed by atoms with Gasteiger partial charge in [0.1, 0.15) is 17.2 Å². The summed E-state index contributed by atoms with van der Waals surface area (Å²) in [4.78, 5) is 0. The summed E-state index contributed by atoms with van der Waals surface area (Å²) in [5.74, 6) is -0.112. The zero-order valence-corrected chi connectivity index (χ0v) is 20.7. The van der Waals surface area contributed by atoms with Gasteiger partial charge in [-0.3, -0.25) is 0 Å². The quantitative estimate of drug-likeness (QED) is 0.163. The first-order valence-electron chi connectivity index (χ1n) is 9.46. The van der Waals surface area contributed by atoms with Crippen LogP contribution in [0.15, 0.2) is 75.0 Å². The first-order chi connectivity index (χ1) is 16.3. The standard InChI is InChI=1S/C22H17Cl3N6O3.ClH/c23-16-1-4-19(32)13(7-16)10-26-29-22(30-27-11-14-8-17(24)2-5-20(14)33)31-28-12-15-9-18(25)3-6-21(15)34;/h1-12,32-34H,(H2,29,30,31);1H/b26-10-,27-11+,28-12+;. The highest BCUT2D eigenvalue weighted by Gasteiger charge is 2.02. The maximum Gasteiger partial charge on any atom is 0.257 e. The summed E-state index contributed by atoms with van der Waals surface area (Å²) in [7, 11) is 0. The third kappa shape index (κ3) is 8.66. The molecule has 0 atom stereocenters. The smallest absolute Gasteiger partial charge is 0.257 e. The molecule has 0 aliphatic heterocycles. The highest BCUT2D eigenvalue weighted by molar-refractivity contribution is 6.31. The van der Waals surface area contributed by atoms with Crippen LogP contribution < -0.4 is 10.9 Å². The first-order valence-corrected chi connectivity index (χ1v) is 10.6. The van der Waals surface area contributed by atoms with Crippen molar-refractivity contribution in [3.63, 3.8) is 0 Å². The number of hydrogen-bond acceptors (Lipinski definition) is 7. The number of guanidine groups is 1. The van der Waals surface area contributed by atoms with Crippen LogP contribution >= 0.6 is 47.2 Å². The molecule has 0 spiro atoms. The number of phenolic OH excluding ortho intramolecular Hbond substituents is 3. The van der Waals surface area contributed by atoms with Crippen LogP contribution in [0.1, 0.15) is 16.7 Å². The van der Waals surface area contributed by atoms with Crippen molar-refractivity contribution in [2.45, 2.75) is 0 Å². The summed E-state index contributed by atoms with van der Waals surface area (Å²) in [6.45, 7) is 0. The fourth-order valence-electron chi connectivity index (χ4n) is 2.43. The predicted octanol–water partition coefficient (Wildman–Crippen LogP) is 5.12. The van der Waals surface area contributed by atoms with E-state index in [0.717, 1.165) is 0 Å². The Morgan fingerprint density at radius 1 is 0.629 bits per heavy atom. The molecule has 13 heteroatoms. The lowest BCUT2D eigenvalue weighted by Crippen LogP contribution is -2.30. The van der Waals surface area contributed by atoms with Gasteiger partial charge in [0.05, 0.1) is 18.6 Å². The summed E-state index contributed by atoms with van der Waals surface area (Å²) < 4.78 is 0. The molecule has 0 bridgehead atoms. The van der Waals surface area contributed by atoms with Crippen LogP contribution in [-0.2, 0) is 0 Å². The Hall–Kier alpha value is -3.50. The van der Waals surface area contributed by atoms with Crippen LogP contribution in [0.4, 0.5) is 0 Å². The molecule has 0 fully saturated rings. The largest absolute Gasteiger partial charge is 0.507 e. The molecule has 3 rings (SSSR count). The second-order valence-corrected chi connectivity index (χ2v) is 7.85. The van der Waals surface area contributed by atoms with E-state index in [1.165, 1.54) is 73.2 Å². The van der Waals surface area contributed by atoms with Gasteiger partial charge in [-0.25, -0.2) is 10.9 Å². The van der Waals surface area contributed by atoms with Gasteiger partial charge in [0.25, 0.3) is 5.96 Å². The fourth-order valence-corrected chi connectivity index (χ4v) is 2.97. The van der Waals surface area contributed by atoms with Crippen LogP contribution in [0.2, 0.25) is 15.1 Å². The van der Waals surface area contributed by atoms with Crippen molar-refractivity contribution in [1.82, 2.24) is 10.9 Å². The molecular formula is C22H18Cl4N6O3. The molecule has 0 amide bonds. The van der Waals surface area contributed by atoms with Crippen LogP contribution in [0.5, 0.6) is 17.2 Å².